The molecule has 20 heavy (non-hydrogen) atoms. The summed E-state index contributed by atoms with van der Waals surface area (Å²) in [5.41, 5.74) is -0.101. The number of hydrogen-bond donors (Lipinski definition) is 1. The van der Waals surface area contributed by atoms with Crippen LogP contribution in [-0.4, -0.2) is 10.8 Å². The van der Waals surface area contributed by atoms with Crippen molar-refractivity contribution in [3.8, 4) is 0 Å². The molecule has 102 valence electrons. The highest BCUT2D eigenvalue weighted by atomic mass is 79.9. The van der Waals surface area contributed by atoms with Gasteiger partial charge in [-0.1, -0.05) is 12.1 Å². The van der Waals surface area contributed by atoms with E-state index in [0.717, 1.165) is 6.07 Å². The molecule has 0 bridgehead atoms. The number of amides is 1. The summed E-state index contributed by atoms with van der Waals surface area (Å²) in [6.45, 7) is 0. The molecule has 0 saturated carbocycles. The van der Waals surface area contributed by atoms with E-state index in [1.54, 1.807) is 0 Å². The second-order valence-corrected chi connectivity index (χ2v) is 4.71. The highest BCUT2D eigenvalue weighted by Gasteiger charge is 2.15. The predicted molar refractivity (Wildman–Crippen MR) is 75.1 cm³/mol. The lowest BCUT2D eigenvalue weighted by molar-refractivity contribution is -0.384. The molecule has 2 aromatic rings. The molecular weight excluding hydrogens is 331 g/mol. The number of anilines is 1. The van der Waals surface area contributed by atoms with Crippen molar-refractivity contribution in [2.45, 2.75) is 0 Å². The van der Waals surface area contributed by atoms with E-state index in [1.165, 1.54) is 36.4 Å². The van der Waals surface area contributed by atoms with Gasteiger partial charge in [0.25, 0.3) is 11.6 Å². The van der Waals surface area contributed by atoms with E-state index < -0.39 is 16.6 Å². The number of nitro groups is 1. The summed E-state index contributed by atoms with van der Waals surface area (Å²) in [5.74, 6) is -1.34. The van der Waals surface area contributed by atoms with Crippen LogP contribution in [0.4, 0.5) is 15.8 Å². The van der Waals surface area contributed by atoms with Gasteiger partial charge in [-0.05, 0) is 34.1 Å². The zero-order valence-corrected chi connectivity index (χ0v) is 11.6. The molecule has 1 amide bonds. The SMILES string of the molecule is O=C(Nc1cc([N+](=O)[O-])ccc1Br)c1ccccc1F. The minimum atomic E-state index is -0.677. The molecule has 2 aromatic carbocycles. The molecule has 0 unspecified atom stereocenters. The Hall–Kier alpha value is -2.28. The third-order valence-electron chi connectivity index (χ3n) is 2.53. The molecule has 0 fully saturated rings. The fourth-order valence-corrected chi connectivity index (χ4v) is 1.90. The maximum absolute atomic E-state index is 13.5. The largest absolute Gasteiger partial charge is 0.321 e. The Morgan fingerprint density at radius 3 is 2.60 bits per heavy atom. The second-order valence-electron chi connectivity index (χ2n) is 3.86. The van der Waals surface area contributed by atoms with Gasteiger partial charge in [0.2, 0.25) is 0 Å². The Morgan fingerprint density at radius 2 is 1.95 bits per heavy atom. The number of nitrogens with one attached hydrogen (secondary N) is 1. The van der Waals surface area contributed by atoms with Crippen molar-refractivity contribution in [3.05, 3.63) is 68.4 Å². The molecule has 0 spiro atoms. The molecule has 0 aromatic heterocycles. The van der Waals surface area contributed by atoms with Crippen molar-refractivity contribution in [2.75, 3.05) is 5.32 Å². The summed E-state index contributed by atoms with van der Waals surface area (Å²) in [4.78, 5) is 22.0. The van der Waals surface area contributed by atoms with Crippen molar-refractivity contribution < 1.29 is 14.1 Å². The van der Waals surface area contributed by atoms with E-state index in [-0.39, 0.29) is 16.9 Å². The van der Waals surface area contributed by atoms with Crippen LogP contribution in [0, 0.1) is 15.9 Å². The predicted octanol–water partition coefficient (Wildman–Crippen LogP) is 3.75. The normalized spacial score (nSPS) is 10.1. The molecule has 0 saturated heterocycles. The summed E-state index contributed by atoms with van der Waals surface area (Å²) < 4.78 is 13.9. The molecule has 0 radical (unpaired) electrons. The van der Waals surface area contributed by atoms with E-state index in [1.807, 2.05) is 0 Å². The molecule has 2 rings (SSSR count). The van der Waals surface area contributed by atoms with Crippen LogP contribution >= 0.6 is 15.9 Å². The van der Waals surface area contributed by atoms with Crippen LogP contribution in [0.3, 0.4) is 0 Å². The average Bonchev–Trinajstić information content (AvgIpc) is 2.41. The molecule has 7 heteroatoms. The molecule has 1 N–H and O–H groups in total. The molecule has 0 aliphatic heterocycles. The quantitative estimate of drug-likeness (QED) is 0.684. The van der Waals surface area contributed by atoms with Crippen LogP contribution in [0.2, 0.25) is 0 Å². The van der Waals surface area contributed by atoms with E-state index >= 15 is 0 Å². The zero-order chi connectivity index (χ0) is 14.7. The topological polar surface area (TPSA) is 72.2 Å². The molecule has 0 aliphatic rings. The van der Waals surface area contributed by atoms with Gasteiger partial charge in [0.15, 0.2) is 0 Å². The van der Waals surface area contributed by atoms with Gasteiger partial charge in [-0.3, -0.25) is 14.9 Å². The standard InChI is InChI=1S/C13H8BrFN2O3/c14-10-6-5-8(17(19)20)7-12(10)16-13(18)9-3-1-2-4-11(9)15/h1-7H,(H,16,18). The number of carbonyl (C=O) groups is 1. The highest BCUT2D eigenvalue weighted by Crippen LogP contribution is 2.27. The average molecular weight is 339 g/mol. The van der Waals surface area contributed by atoms with Crippen molar-refractivity contribution in [1.82, 2.24) is 0 Å². The summed E-state index contributed by atoms with van der Waals surface area (Å²) >= 11 is 3.17. The maximum atomic E-state index is 13.5. The number of rotatable bonds is 3. The van der Waals surface area contributed by atoms with Gasteiger partial charge in [0.05, 0.1) is 16.2 Å². The van der Waals surface area contributed by atoms with Gasteiger partial charge >= 0.3 is 0 Å². The van der Waals surface area contributed by atoms with Crippen LogP contribution in [0.1, 0.15) is 10.4 Å². The van der Waals surface area contributed by atoms with Gasteiger partial charge in [-0.25, -0.2) is 4.39 Å². The van der Waals surface area contributed by atoms with Gasteiger partial charge < -0.3 is 5.32 Å². The number of nitrogens with zero attached hydrogens (tertiary/aromatic N) is 1. The summed E-state index contributed by atoms with van der Waals surface area (Å²) in [6.07, 6.45) is 0. The first-order chi connectivity index (χ1) is 9.49. The molecule has 0 atom stereocenters. The number of benzene rings is 2. The van der Waals surface area contributed by atoms with Crippen LogP contribution < -0.4 is 5.32 Å². The summed E-state index contributed by atoms with van der Waals surface area (Å²) in [6, 6.07) is 9.42. The van der Waals surface area contributed by atoms with Crippen LogP contribution in [0.5, 0.6) is 0 Å². The monoisotopic (exact) mass is 338 g/mol. The van der Waals surface area contributed by atoms with E-state index in [2.05, 4.69) is 21.2 Å². The molecular formula is C13H8BrFN2O3. The van der Waals surface area contributed by atoms with Crippen molar-refractivity contribution >= 4 is 33.2 Å². The lowest BCUT2D eigenvalue weighted by Gasteiger charge is -2.07. The fourth-order valence-electron chi connectivity index (χ4n) is 1.56. The number of nitro benzene ring substituents is 1. The first-order valence-electron chi connectivity index (χ1n) is 5.49. The Morgan fingerprint density at radius 1 is 1.25 bits per heavy atom. The van der Waals surface area contributed by atoms with E-state index in [0.29, 0.717) is 4.47 Å². The van der Waals surface area contributed by atoms with Gasteiger partial charge in [0, 0.05) is 16.6 Å². The minimum Gasteiger partial charge on any atom is -0.321 e. The highest BCUT2D eigenvalue weighted by molar-refractivity contribution is 9.10. The van der Waals surface area contributed by atoms with Crippen LogP contribution in [-0.2, 0) is 0 Å². The van der Waals surface area contributed by atoms with Crippen LogP contribution in [0.25, 0.3) is 0 Å². The third-order valence-corrected chi connectivity index (χ3v) is 3.22. The third kappa shape index (κ3) is 3.00. The van der Waals surface area contributed by atoms with Crippen molar-refractivity contribution in [2.24, 2.45) is 0 Å². The minimum absolute atomic E-state index is 0.133. The molecule has 0 aliphatic carbocycles. The molecule has 5 nitrogen and oxygen atoms in total. The lowest BCUT2D eigenvalue weighted by atomic mass is 10.2. The van der Waals surface area contributed by atoms with Crippen molar-refractivity contribution in [1.29, 1.82) is 0 Å². The van der Waals surface area contributed by atoms with E-state index in [4.69, 9.17) is 0 Å². The summed E-state index contributed by atoms with van der Waals surface area (Å²) in [5, 5.41) is 13.1. The van der Waals surface area contributed by atoms with Gasteiger partial charge in [-0.15, -0.1) is 0 Å². The Labute approximate surface area is 121 Å². The van der Waals surface area contributed by atoms with Crippen LogP contribution in [0.15, 0.2) is 46.9 Å². The maximum Gasteiger partial charge on any atom is 0.271 e. The number of non-ortho nitro benzene ring substituents is 1. The van der Waals surface area contributed by atoms with Gasteiger partial charge in [-0.2, -0.15) is 0 Å². The number of carbonyl (C=O) groups excluding carboxylic acids is 1. The summed E-state index contributed by atoms with van der Waals surface area (Å²) in [7, 11) is 0. The smallest absolute Gasteiger partial charge is 0.271 e. The zero-order valence-electron chi connectivity index (χ0n) is 9.97. The Kier molecular flexibility index (Phi) is 4.09. The number of hydrogen-bond acceptors (Lipinski definition) is 3. The molecule has 0 heterocycles. The lowest BCUT2D eigenvalue weighted by Crippen LogP contribution is -2.14. The first-order valence-corrected chi connectivity index (χ1v) is 6.28. The van der Waals surface area contributed by atoms with Gasteiger partial charge in [0.1, 0.15) is 5.82 Å². The first kappa shape index (κ1) is 14.1. The van der Waals surface area contributed by atoms with E-state index in [9.17, 15) is 19.3 Å². The second kappa shape index (κ2) is 5.79. The Balaban J connectivity index is 2.30. The Bertz CT molecular complexity index is 691. The number of halogens is 2. The van der Waals surface area contributed by atoms with Crippen molar-refractivity contribution in [3.63, 3.8) is 0 Å². The fraction of sp³-hybridized carbons (Fsp3) is 0.